The minimum atomic E-state index is -1.58. The average Bonchev–Trinajstić information content (AvgIpc) is 2.54. The van der Waals surface area contributed by atoms with Crippen LogP contribution in [0.2, 0.25) is 0 Å². The molecule has 5 nitrogen and oxygen atoms in total. The zero-order chi connectivity index (χ0) is 15.5. The second kappa shape index (κ2) is 5.76. The molecule has 0 aromatic heterocycles. The van der Waals surface area contributed by atoms with Crippen LogP contribution in [-0.2, 0) is 15.0 Å². The molecular weight excluding hydrogens is 270 g/mol. The average molecular weight is 285 g/mol. The van der Waals surface area contributed by atoms with E-state index in [0.29, 0.717) is 11.1 Å². The fourth-order valence-electron chi connectivity index (χ4n) is 2.13. The Morgan fingerprint density at radius 2 is 1.62 bits per heavy atom. The first-order valence-corrected chi connectivity index (χ1v) is 6.30. The Hall–Kier alpha value is -2.66. The fourth-order valence-corrected chi connectivity index (χ4v) is 2.13. The van der Waals surface area contributed by atoms with Gasteiger partial charge in [0.05, 0.1) is 0 Å². The van der Waals surface area contributed by atoms with Crippen LogP contribution < -0.4 is 5.90 Å². The zero-order valence-corrected chi connectivity index (χ0v) is 11.4. The Kier molecular flexibility index (Phi) is 4.05. The molecule has 0 fully saturated rings. The van der Waals surface area contributed by atoms with E-state index in [1.54, 1.807) is 30.3 Å². The molecule has 1 atom stereocenters. The van der Waals surface area contributed by atoms with Crippen LogP contribution in [0.4, 0.5) is 0 Å². The second-order valence-corrected chi connectivity index (χ2v) is 4.77. The van der Waals surface area contributed by atoms with Crippen molar-refractivity contribution in [1.82, 2.24) is 0 Å². The SMILES string of the molecule is CC(C(=O)ON)(C(=O)c1ccccc1)c1ccc(O)cc1. The van der Waals surface area contributed by atoms with Gasteiger partial charge in [-0.1, -0.05) is 42.5 Å². The molecule has 2 aromatic carbocycles. The number of hydrogen-bond acceptors (Lipinski definition) is 5. The van der Waals surface area contributed by atoms with E-state index in [1.165, 1.54) is 31.2 Å². The van der Waals surface area contributed by atoms with Crippen molar-refractivity contribution in [2.45, 2.75) is 12.3 Å². The Morgan fingerprint density at radius 3 is 2.14 bits per heavy atom. The van der Waals surface area contributed by atoms with Gasteiger partial charge in [-0.15, -0.1) is 0 Å². The van der Waals surface area contributed by atoms with E-state index in [0.717, 1.165) is 0 Å². The van der Waals surface area contributed by atoms with Crippen LogP contribution in [0.5, 0.6) is 5.75 Å². The monoisotopic (exact) mass is 285 g/mol. The van der Waals surface area contributed by atoms with E-state index in [1.807, 2.05) is 0 Å². The van der Waals surface area contributed by atoms with E-state index in [2.05, 4.69) is 4.84 Å². The van der Waals surface area contributed by atoms with Crippen molar-refractivity contribution in [1.29, 1.82) is 0 Å². The maximum Gasteiger partial charge on any atom is 0.342 e. The predicted octanol–water partition coefficient (Wildman–Crippen LogP) is 1.95. The van der Waals surface area contributed by atoms with E-state index < -0.39 is 17.2 Å². The summed E-state index contributed by atoms with van der Waals surface area (Å²) in [5.41, 5.74) is -0.813. The minimum Gasteiger partial charge on any atom is -0.508 e. The summed E-state index contributed by atoms with van der Waals surface area (Å²) in [6.45, 7) is 1.45. The van der Waals surface area contributed by atoms with Crippen LogP contribution in [-0.4, -0.2) is 16.9 Å². The summed E-state index contributed by atoms with van der Waals surface area (Å²) in [4.78, 5) is 29.2. The molecule has 0 aliphatic heterocycles. The third-order valence-electron chi connectivity index (χ3n) is 3.45. The van der Waals surface area contributed by atoms with Gasteiger partial charge in [-0.25, -0.2) is 4.79 Å². The van der Waals surface area contributed by atoms with Crippen LogP contribution in [0.25, 0.3) is 0 Å². The maximum atomic E-state index is 12.7. The molecule has 0 saturated carbocycles. The molecule has 0 aliphatic rings. The number of phenolic OH excluding ortho intramolecular Hbond substituents is 1. The smallest absolute Gasteiger partial charge is 0.342 e. The molecule has 0 spiro atoms. The molecule has 21 heavy (non-hydrogen) atoms. The zero-order valence-electron chi connectivity index (χ0n) is 11.4. The minimum absolute atomic E-state index is 0.0365. The molecule has 0 radical (unpaired) electrons. The Morgan fingerprint density at radius 1 is 1.05 bits per heavy atom. The highest BCUT2D eigenvalue weighted by molar-refractivity contribution is 6.16. The van der Waals surface area contributed by atoms with E-state index in [9.17, 15) is 14.7 Å². The number of ketones is 1. The summed E-state index contributed by atoms with van der Waals surface area (Å²) in [6.07, 6.45) is 0. The van der Waals surface area contributed by atoms with Crippen molar-refractivity contribution in [3.63, 3.8) is 0 Å². The molecule has 3 N–H and O–H groups in total. The maximum absolute atomic E-state index is 12.7. The van der Waals surface area contributed by atoms with Crippen LogP contribution in [0.3, 0.4) is 0 Å². The number of aromatic hydroxyl groups is 1. The lowest BCUT2D eigenvalue weighted by Crippen LogP contribution is -2.43. The second-order valence-electron chi connectivity index (χ2n) is 4.77. The number of benzene rings is 2. The normalized spacial score (nSPS) is 13.2. The van der Waals surface area contributed by atoms with Crippen molar-refractivity contribution < 1.29 is 19.5 Å². The van der Waals surface area contributed by atoms with Gasteiger partial charge in [0, 0.05) is 5.56 Å². The Labute approximate surface area is 121 Å². The first-order chi connectivity index (χ1) is 10.00. The molecule has 0 bridgehead atoms. The highest BCUT2D eigenvalue weighted by Gasteiger charge is 2.44. The number of Topliss-reactive ketones (excluding diaryl/α,β-unsaturated/α-hetero) is 1. The van der Waals surface area contributed by atoms with E-state index >= 15 is 0 Å². The molecule has 5 heteroatoms. The molecule has 1 unspecified atom stereocenters. The van der Waals surface area contributed by atoms with Crippen LogP contribution in [0.15, 0.2) is 54.6 Å². The molecule has 2 rings (SSSR count). The van der Waals surface area contributed by atoms with Crippen molar-refractivity contribution in [3.05, 3.63) is 65.7 Å². The van der Waals surface area contributed by atoms with Gasteiger partial charge in [0.15, 0.2) is 11.2 Å². The van der Waals surface area contributed by atoms with Gasteiger partial charge in [0.2, 0.25) is 0 Å². The van der Waals surface area contributed by atoms with Gasteiger partial charge in [-0.2, -0.15) is 5.90 Å². The van der Waals surface area contributed by atoms with Gasteiger partial charge < -0.3 is 9.94 Å². The van der Waals surface area contributed by atoms with Gasteiger partial charge in [0.25, 0.3) is 0 Å². The summed E-state index contributed by atoms with van der Waals surface area (Å²) >= 11 is 0. The highest BCUT2D eigenvalue weighted by atomic mass is 16.7. The Bertz CT molecular complexity index is 652. The van der Waals surface area contributed by atoms with Gasteiger partial charge >= 0.3 is 5.97 Å². The van der Waals surface area contributed by atoms with Gasteiger partial charge in [0.1, 0.15) is 5.75 Å². The van der Waals surface area contributed by atoms with Crippen LogP contribution in [0, 0.1) is 0 Å². The van der Waals surface area contributed by atoms with Crippen molar-refractivity contribution >= 4 is 11.8 Å². The largest absolute Gasteiger partial charge is 0.508 e. The van der Waals surface area contributed by atoms with E-state index in [4.69, 9.17) is 5.90 Å². The number of rotatable bonds is 4. The molecule has 0 aliphatic carbocycles. The number of phenols is 1. The van der Waals surface area contributed by atoms with Crippen LogP contribution in [0.1, 0.15) is 22.8 Å². The topological polar surface area (TPSA) is 89.6 Å². The summed E-state index contributed by atoms with van der Waals surface area (Å²) in [5.74, 6) is 3.74. The predicted molar refractivity (Wildman–Crippen MR) is 76.5 cm³/mol. The summed E-state index contributed by atoms with van der Waals surface area (Å²) in [5, 5.41) is 9.35. The molecule has 0 heterocycles. The van der Waals surface area contributed by atoms with Gasteiger partial charge in [-0.3, -0.25) is 4.79 Å². The molecule has 0 saturated heterocycles. The van der Waals surface area contributed by atoms with Crippen LogP contribution >= 0.6 is 0 Å². The molecular formula is C16H15NO4. The standard InChI is InChI=1S/C16H15NO4/c1-16(15(20)21-17,12-7-9-13(18)10-8-12)14(19)11-5-3-2-4-6-11/h2-10,18H,17H2,1H3. The molecule has 0 amide bonds. The van der Waals surface area contributed by atoms with Crippen molar-refractivity contribution in [2.24, 2.45) is 5.90 Å². The third kappa shape index (κ3) is 2.64. The number of carbonyl (C=O) groups excluding carboxylic acids is 2. The lowest BCUT2D eigenvalue weighted by atomic mass is 9.76. The first-order valence-electron chi connectivity index (χ1n) is 6.30. The lowest BCUT2D eigenvalue weighted by Gasteiger charge is -2.25. The fraction of sp³-hybridized carbons (Fsp3) is 0.125. The number of nitrogens with two attached hydrogens (primary N) is 1. The third-order valence-corrected chi connectivity index (χ3v) is 3.45. The Balaban J connectivity index is 2.55. The first kappa shape index (κ1) is 14.7. The summed E-state index contributed by atoms with van der Waals surface area (Å²) in [7, 11) is 0. The highest BCUT2D eigenvalue weighted by Crippen LogP contribution is 2.30. The van der Waals surface area contributed by atoms with E-state index in [-0.39, 0.29) is 5.75 Å². The quantitative estimate of drug-likeness (QED) is 0.509. The van der Waals surface area contributed by atoms with Gasteiger partial charge in [-0.05, 0) is 24.6 Å². The summed E-state index contributed by atoms with van der Waals surface area (Å²) in [6, 6.07) is 14.2. The molecule has 2 aromatic rings. The number of carbonyl (C=O) groups is 2. The lowest BCUT2D eigenvalue weighted by molar-refractivity contribution is -0.148. The van der Waals surface area contributed by atoms with Crippen molar-refractivity contribution in [3.8, 4) is 5.75 Å². The van der Waals surface area contributed by atoms with Crippen molar-refractivity contribution in [2.75, 3.05) is 0 Å². The molecule has 108 valence electrons. The number of hydrogen-bond donors (Lipinski definition) is 2. The summed E-state index contributed by atoms with van der Waals surface area (Å²) < 4.78 is 0.